The molecule has 1 unspecified atom stereocenters. The molecule has 0 radical (unpaired) electrons. The first kappa shape index (κ1) is 16.7. The maximum Gasteiger partial charge on any atom is 0.307 e. The normalized spacial score (nSPS) is 17.4. The van der Waals surface area contributed by atoms with E-state index in [-0.39, 0.29) is 24.2 Å². The Balaban J connectivity index is 2.50. The van der Waals surface area contributed by atoms with Gasteiger partial charge < -0.3 is 9.64 Å². The first-order valence-corrected chi connectivity index (χ1v) is 7.96. The van der Waals surface area contributed by atoms with Gasteiger partial charge in [-0.15, -0.1) is 0 Å². The third-order valence-corrected chi connectivity index (χ3v) is 4.56. The van der Waals surface area contributed by atoms with Crippen LogP contribution in [0, 0.1) is 5.82 Å². The minimum absolute atomic E-state index is 0.202. The second kappa shape index (κ2) is 7.09. The van der Waals surface area contributed by atoms with Crippen LogP contribution in [-0.4, -0.2) is 18.0 Å². The van der Waals surface area contributed by atoms with Crippen LogP contribution in [0.5, 0.6) is 0 Å². The maximum absolute atomic E-state index is 13.7. The molecule has 0 N–H and O–H groups in total. The molecule has 118 valence electrons. The van der Waals surface area contributed by atoms with Crippen LogP contribution >= 0.6 is 15.9 Å². The SMILES string of the molecule is CC/C=C(/C)N1C=Cc2c(ccc(F)c2Br)C1CC(=O)OC. The Morgan fingerprint density at radius 2 is 2.23 bits per heavy atom. The number of hydrogen-bond acceptors (Lipinski definition) is 3. The van der Waals surface area contributed by atoms with Crippen molar-refractivity contribution in [2.24, 2.45) is 0 Å². The number of allylic oxidation sites excluding steroid dienone is 2. The molecule has 3 nitrogen and oxygen atoms in total. The highest BCUT2D eigenvalue weighted by Crippen LogP contribution is 2.39. The third kappa shape index (κ3) is 3.24. The quantitative estimate of drug-likeness (QED) is 0.716. The molecule has 0 fully saturated rings. The maximum atomic E-state index is 13.7. The highest BCUT2D eigenvalue weighted by molar-refractivity contribution is 9.10. The number of fused-ring (bicyclic) bond motifs is 1. The minimum atomic E-state index is -0.311. The van der Waals surface area contributed by atoms with Crippen molar-refractivity contribution in [2.75, 3.05) is 7.11 Å². The van der Waals surface area contributed by atoms with Gasteiger partial charge in [0.15, 0.2) is 0 Å². The summed E-state index contributed by atoms with van der Waals surface area (Å²) in [5.74, 6) is -0.601. The van der Waals surface area contributed by atoms with E-state index in [4.69, 9.17) is 4.74 Å². The van der Waals surface area contributed by atoms with Gasteiger partial charge in [0.05, 0.1) is 24.0 Å². The fourth-order valence-electron chi connectivity index (χ4n) is 2.66. The second-order valence-corrected chi connectivity index (χ2v) is 5.93. The van der Waals surface area contributed by atoms with Crippen LogP contribution in [-0.2, 0) is 9.53 Å². The monoisotopic (exact) mass is 367 g/mol. The van der Waals surface area contributed by atoms with E-state index in [9.17, 15) is 9.18 Å². The van der Waals surface area contributed by atoms with Crippen molar-refractivity contribution in [3.8, 4) is 0 Å². The number of benzene rings is 1. The van der Waals surface area contributed by atoms with Gasteiger partial charge in [-0.2, -0.15) is 0 Å². The molecule has 1 aliphatic heterocycles. The number of methoxy groups -OCH3 is 1. The average Bonchev–Trinajstić information content (AvgIpc) is 2.51. The summed E-state index contributed by atoms with van der Waals surface area (Å²) in [4.78, 5) is 13.8. The lowest BCUT2D eigenvalue weighted by molar-refractivity contribution is -0.141. The molecule has 1 aliphatic rings. The first-order valence-electron chi connectivity index (χ1n) is 7.17. The van der Waals surface area contributed by atoms with E-state index >= 15 is 0 Å². The van der Waals surface area contributed by atoms with Crippen LogP contribution in [0.3, 0.4) is 0 Å². The van der Waals surface area contributed by atoms with Gasteiger partial charge >= 0.3 is 5.97 Å². The molecule has 0 spiro atoms. The number of carbonyl (C=O) groups excluding carboxylic acids is 1. The Morgan fingerprint density at radius 3 is 2.86 bits per heavy atom. The lowest BCUT2D eigenvalue weighted by Crippen LogP contribution is -2.28. The molecule has 1 aromatic rings. The van der Waals surface area contributed by atoms with Gasteiger partial charge in [0.1, 0.15) is 5.82 Å². The second-order valence-electron chi connectivity index (χ2n) is 5.14. The summed E-state index contributed by atoms with van der Waals surface area (Å²) >= 11 is 3.29. The number of nitrogens with zero attached hydrogens (tertiary/aromatic N) is 1. The summed E-state index contributed by atoms with van der Waals surface area (Å²) in [6.07, 6.45) is 6.96. The van der Waals surface area contributed by atoms with Crippen molar-refractivity contribution >= 4 is 28.0 Å². The van der Waals surface area contributed by atoms with Gasteiger partial charge in [-0.05, 0) is 52.5 Å². The summed E-state index contributed by atoms with van der Waals surface area (Å²) < 4.78 is 19.0. The van der Waals surface area contributed by atoms with E-state index in [1.165, 1.54) is 13.2 Å². The minimum Gasteiger partial charge on any atom is -0.469 e. The molecular formula is C17H19BrFNO2. The Hall–Kier alpha value is -1.62. The molecule has 0 saturated carbocycles. The number of ether oxygens (including phenoxy) is 1. The molecule has 0 bridgehead atoms. The summed E-state index contributed by atoms with van der Waals surface area (Å²) in [7, 11) is 1.38. The van der Waals surface area contributed by atoms with E-state index in [1.807, 2.05) is 24.1 Å². The van der Waals surface area contributed by atoms with Crippen LogP contribution in [0.4, 0.5) is 4.39 Å². The zero-order valence-corrected chi connectivity index (χ0v) is 14.5. The van der Waals surface area contributed by atoms with Gasteiger partial charge in [0.25, 0.3) is 0 Å². The van der Waals surface area contributed by atoms with Crippen molar-refractivity contribution in [1.29, 1.82) is 0 Å². The molecule has 5 heteroatoms. The smallest absolute Gasteiger partial charge is 0.307 e. The Kier molecular flexibility index (Phi) is 5.40. The molecule has 1 atom stereocenters. The van der Waals surface area contributed by atoms with Crippen molar-refractivity contribution in [1.82, 2.24) is 4.90 Å². The number of hydrogen-bond donors (Lipinski definition) is 0. The standard InChI is InChI=1S/C17H19BrFNO2/c1-4-5-11(2)20-9-8-13-12(6-7-14(19)17(13)18)15(20)10-16(21)22-3/h5-9,15H,4,10H2,1-3H3/b11-5-. The third-order valence-electron chi connectivity index (χ3n) is 3.76. The van der Waals surface area contributed by atoms with Crippen LogP contribution < -0.4 is 0 Å². The largest absolute Gasteiger partial charge is 0.469 e. The Morgan fingerprint density at radius 1 is 1.50 bits per heavy atom. The van der Waals surface area contributed by atoms with E-state index in [0.717, 1.165) is 23.2 Å². The van der Waals surface area contributed by atoms with Crippen LogP contribution in [0.2, 0.25) is 0 Å². The van der Waals surface area contributed by atoms with E-state index in [0.29, 0.717) is 4.47 Å². The predicted octanol–water partition coefficient (Wildman–Crippen LogP) is 4.79. The Labute approximate surface area is 138 Å². The van der Waals surface area contributed by atoms with Crippen molar-refractivity contribution < 1.29 is 13.9 Å². The molecule has 2 rings (SSSR count). The van der Waals surface area contributed by atoms with Crippen LogP contribution in [0.1, 0.15) is 43.9 Å². The number of esters is 1. The number of halogens is 2. The molecule has 1 heterocycles. The number of carbonyl (C=O) groups is 1. The van der Waals surface area contributed by atoms with Crippen LogP contribution in [0.15, 0.2) is 34.6 Å². The number of rotatable bonds is 4. The zero-order valence-electron chi connectivity index (χ0n) is 12.9. The lowest BCUT2D eigenvalue weighted by Gasteiger charge is -2.35. The lowest BCUT2D eigenvalue weighted by atomic mass is 9.93. The van der Waals surface area contributed by atoms with Crippen LogP contribution in [0.25, 0.3) is 6.08 Å². The van der Waals surface area contributed by atoms with Crippen molar-refractivity contribution in [3.63, 3.8) is 0 Å². The summed E-state index contributed by atoms with van der Waals surface area (Å²) in [5, 5.41) is 0. The molecule has 0 aromatic heterocycles. The fraction of sp³-hybridized carbons (Fsp3) is 0.353. The van der Waals surface area contributed by atoms with Gasteiger partial charge in [0, 0.05) is 11.9 Å². The molecule has 0 saturated heterocycles. The molecule has 0 amide bonds. The summed E-state index contributed by atoms with van der Waals surface area (Å²) in [6.45, 7) is 4.06. The summed E-state index contributed by atoms with van der Waals surface area (Å²) in [6, 6.07) is 2.95. The Bertz CT molecular complexity index is 640. The van der Waals surface area contributed by atoms with Gasteiger partial charge in [0.2, 0.25) is 0 Å². The first-order chi connectivity index (χ1) is 10.5. The van der Waals surface area contributed by atoms with Gasteiger partial charge in [-0.3, -0.25) is 4.79 Å². The van der Waals surface area contributed by atoms with E-state index in [2.05, 4.69) is 28.9 Å². The highest BCUT2D eigenvalue weighted by Gasteiger charge is 2.29. The van der Waals surface area contributed by atoms with Gasteiger partial charge in [-0.1, -0.05) is 19.1 Å². The molecule has 1 aromatic carbocycles. The van der Waals surface area contributed by atoms with Crippen molar-refractivity contribution in [2.45, 2.75) is 32.7 Å². The van der Waals surface area contributed by atoms with Crippen molar-refractivity contribution in [3.05, 3.63) is 51.5 Å². The van der Waals surface area contributed by atoms with E-state index in [1.54, 1.807) is 6.07 Å². The molecule has 0 aliphatic carbocycles. The molecular weight excluding hydrogens is 349 g/mol. The average molecular weight is 368 g/mol. The predicted molar refractivity (Wildman–Crippen MR) is 88.4 cm³/mol. The molecule has 22 heavy (non-hydrogen) atoms. The van der Waals surface area contributed by atoms with Gasteiger partial charge in [-0.25, -0.2) is 4.39 Å². The highest BCUT2D eigenvalue weighted by atomic mass is 79.9. The zero-order chi connectivity index (χ0) is 16.3. The summed E-state index contributed by atoms with van der Waals surface area (Å²) in [5.41, 5.74) is 2.73. The van der Waals surface area contributed by atoms with E-state index < -0.39 is 0 Å². The topological polar surface area (TPSA) is 29.5 Å². The fourth-order valence-corrected chi connectivity index (χ4v) is 3.16.